The van der Waals surface area contributed by atoms with Crippen LogP contribution in [0.5, 0.6) is 0 Å². The Morgan fingerprint density at radius 3 is 2.79 bits per heavy atom. The van der Waals surface area contributed by atoms with E-state index in [0.717, 1.165) is 31.7 Å². The molecule has 9 heteroatoms. The van der Waals surface area contributed by atoms with E-state index in [2.05, 4.69) is 25.2 Å². The molecule has 2 N–H and O–H groups in total. The Morgan fingerprint density at radius 1 is 1.17 bits per heavy atom. The Bertz CT molecular complexity index is 1040. The zero-order valence-corrected chi connectivity index (χ0v) is 16.5. The number of carbonyl (C=O) groups is 1. The molecule has 9 nitrogen and oxygen atoms in total. The highest BCUT2D eigenvalue weighted by molar-refractivity contribution is 5.78. The fourth-order valence-corrected chi connectivity index (χ4v) is 3.61. The van der Waals surface area contributed by atoms with Crippen molar-refractivity contribution in [2.75, 3.05) is 44.2 Å². The number of rotatable bonds is 5. The van der Waals surface area contributed by atoms with Gasteiger partial charge in [-0.3, -0.25) is 19.5 Å². The highest BCUT2D eigenvalue weighted by Crippen LogP contribution is 2.17. The number of nitrogens with zero attached hydrogens (tertiary/aromatic N) is 5. The Kier molecular flexibility index (Phi) is 5.57. The Hall–Kier alpha value is -3.20. The topological polar surface area (TPSA) is 99.2 Å². The quantitative estimate of drug-likeness (QED) is 0.662. The van der Waals surface area contributed by atoms with E-state index in [4.69, 9.17) is 4.98 Å². The molecule has 1 saturated heterocycles. The summed E-state index contributed by atoms with van der Waals surface area (Å²) in [4.78, 5) is 36.3. The van der Waals surface area contributed by atoms with E-state index >= 15 is 0 Å². The van der Waals surface area contributed by atoms with Crippen LogP contribution in [0.25, 0.3) is 16.7 Å². The Balaban J connectivity index is 1.58. The summed E-state index contributed by atoms with van der Waals surface area (Å²) in [6, 6.07) is 9.65. The molecule has 2 aromatic heterocycles. The van der Waals surface area contributed by atoms with Crippen LogP contribution in [-0.2, 0) is 4.79 Å². The summed E-state index contributed by atoms with van der Waals surface area (Å²) in [5, 5.41) is 7.66. The first-order chi connectivity index (χ1) is 14.2. The maximum Gasteiger partial charge on any atom is 0.263 e. The fraction of sp³-hybridized carbons (Fsp3) is 0.400. The molecule has 1 aliphatic rings. The third-order valence-electron chi connectivity index (χ3n) is 5.06. The lowest BCUT2D eigenvalue weighted by molar-refractivity contribution is -0.122. The number of hydrogen-bond donors (Lipinski definition) is 2. The first kappa shape index (κ1) is 19.1. The van der Waals surface area contributed by atoms with Gasteiger partial charge in [0.15, 0.2) is 5.65 Å². The van der Waals surface area contributed by atoms with E-state index in [1.54, 1.807) is 10.9 Å². The number of amides is 1. The van der Waals surface area contributed by atoms with Crippen LogP contribution in [0.3, 0.4) is 0 Å². The molecule has 1 amide bonds. The van der Waals surface area contributed by atoms with Crippen molar-refractivity contribution in [3.8, 4) is 5.69 Å². The molecule has 0 bridgehead atoms. The number of carbonyl (C=O) groups excluding carboxylic acids is 1. The van der Waals surface area contributed by atoms with Gasteiger partial charge in [-0.25, -0.2) is 4.68 Å². The number of nitrogens with one attached hydrogen (secondary N) is 2. The second kappa shape index (κ2) is 8.44. The number of likely N-dealkylation sites (N-methyl/N-ethyl adjacent to an activating group) is 1. The van der Waals surface area contributed by atoms with Crippen molar-refractivity contribution in [1.82, 2.24) is 30.0 Å². The van der Waals surface area contributed by atoms with Crippen LogP contribution in [0.15, 0.2) is 41.3 Å². The first-order valence-corrected chi connectivity index (χ1v) is 9.93. The van der Waals surface area contributed by atoms with Gasteiger partial charge in [-0.15, -0.1) is 0 Å². The van der Waals surface area contributed by atoms with Crippen molar-refractivity contribution in [2.45, 2.75) is 13.3 Å². The Labute approximate surface area is 168 Å². The highest BCUT2D eigenvalue weighted by atomic mass is 16.2. The van der Waals surface area contributed by atoms with Crippen molar-refractivity contribution < 1.29 is 4.79 Å². The molecule has 1 fully saturated rings. The predicted octanol–water partition coefficient (Wildman–Crippen LogP) is 0.757. The summed E-state index contributed by atoms with van der Waals surface area (Å²) in [5.41, 5.74) is 1.20. The van der Waals surface area contributed by atoms with Crippen LogP contribution < -0.4 is 15.8 Å². The smallest absolute Gasteiger partial charge is 0.263 e. The first-order valence-electron chi connectivity index (χ1n) is 9.93. The van der Waals surface area contributed by atoms with Gasteiger partial charge < -0.3 is 10.2 Å². The average molecular weight is 395 g/mol. The van der Waals surface area contributed by atoms with Crippen LogP contribution >= 0.6 is 0 Å². The van der Waals surface area contributed by atoms with E-state index in [9.17, 15) is 9.59 Å². The van der Waals surface area contributed by atoms with E-state index in [1.165, 1.54) is 0 Å². The molecule has 3 aromatic rings. The minimum Gasteiger partial charge on any atom is -0.355 e. The molecule has 3 heterocycles. The number of aromatic nitrogens is 4. The van der Waals surface area contributed by atoms with Gasteiger partial charge in [0.05, 0.1) is 18.4 Å². The lowest BCUT2D eigenvalue weighted by Gasteiger charge is -2.22. The molecule has 0 radical (unpaired) electrons. The SMILES string of the molecule is CCNC(=O)CN1CCCN(c2nc3c(cnn3-c3ccccc3)c(=O)[nH]2)CC1. The summed E-state index contributed by atoms with van der Waals surface area (Å²) in [5.74, 6) is 0.584. The maximum absolute atomic E-state index is 12.6. The minimum absolute atomic E-state index is 0.0423. The molecule has 0 spiro atoms. The van der Waals surface area contributed by atoms with Gasteiger partial charge in [0.2, 0.25) is 11.9 Å². The summed E-state index contributed by atoms with van der Waals surface area (Å²) in [7, 11) is 0. The molecule has 1 aliphatic heterocycles. The second-order valence-corrected chi connectivity index (χ2v) is 7.09. The van der Waals surface area contributed by atoms with Gasteiger partial charge in [0.1, 0.15) is 5.39 Å². The zero-order chi connectivity index (χ0) is 20.2. The third kappa shape index (κ3) is 4.14. The number of aromatic amines is 1. The highest BCUT2D eigenvalue weighted by Gasteiger charge is 2.20. The molecule has 29 heavy (non-hydrogen) atoms. The van der Waals surface area contributed by atoms with E-state index in [-0.39, 0.29) is 11.5 Å². The van der Waals surface area contributed by atoms with Gasteiger partial charge in [-0.2, -0.15) is 10.1 Å². The number of benzene rings is 1. The van der Waals surface area contributed by atoms with Crippen molar-refractivity contribution in [3.63, 3.8) is 0 Å². The van der Waals surface area contributed by atoms with Crippen molar-refractivity contribution >= 4 is 22.9 Å². The number of hydrogen-bond acceptors (Lipinski definition) is 6. The van der Waals surface area contributed by atoms with Gasteiger partial charge in [0, 0.05) is 32.7 Å². The van der Waals surface area contributed by atoms with Gasteiger partial charge >= 0.3 is 0 Å². The molecule has 0 aliphatic carbocycles. The molecule has 1 aromatic carbocycles. The van der Waals surface area contributed by atoms with Gasteiger partial charge in [-0.05, 0) is 25.5 Å². The van der Waals surface area contributed by atoms with E-state index in [1.807, 2.05) is 37.3 Å². The monoisotopic (exact) mass is 395 g/mol. The zero-order valence-electron chi connectivity index (χ0n) is 16.5. The average Bonchev–Trinajstić information content (AvgIpc) is 3.02. The van der Waals surface area contributed by atoms with Crippen molar-refractivity contribution in [3.05, 3.63) is 46.9 Å². The number of H-pyrrole nitrogens is 1. The largest absolute Gasteiger partial charge is 0.355 e. The second-order valence-electron chi connectivity index (χ2n) is 7.09. The number of fused-ring (bicyclic) bond motifs is 1. The van der Waals surface area contributed by atoms with E-state index in [0.29, 0.717) is 36.6 Å². The number of para-hydroxylation sites is 1. The van der Waals surface area contributed by atoms with Gasteiger partial charge in [0.25, 0.3) is 5.56 Å². The summed E-state index contributed by atoms with van der Waals surface area (Å²) in [6.45, 7) is 5.97. The van der Waals surface area contributed by atoms with Crippen LogP contribution in [0.1, 0.15) is 13.3 Å². The normalized spacial score (nSPS) is 15.4. The summed E-state index contributed by atoms with van der Waals surface area (Å²) in [6.07, 6.45) is 2.44. The molecule has 0 atom stereocenters. The lowest BCUT2D eigenvalue weighted by Crippen LogP contribution is -2.39. The standard InChI is InChI=1S/C20H25N7O2/c1-2-21-17(28)14-25-9-6-10-26(12-11-25)20-23-18-16(19(29)24-20)13-22-27(18)15-7-4-3-5-8-15/h3-5,7-8,13H,2,6,9-12,14H2,1H3,(H,21,28)(H,23,24,29). The molecule has 0 saturated carbocycles. The third-order valence-corrected chi connectivity index (χ3v) is 5.06. The molecule has 0 unspecified atom stereocenters. The predicted molar refractivity (Wildman–Crippen MR) is 111 cm³/mol. The molecular formula is C20H25N7O2. The molecular weight excluding hydrogens is 370 g/mol. The summed E-state index contributed by atoms with van der Waals surface area (Å²) < 4.78 is 1.69. The van der Waals surface area contributed by atoms with Crippen molar-refractivity contribution in [1.29, 1.82) is 0 Å². The van der Waals surface area contributed by atoms with Crippen LogP contribution in [0.2, 0.25) is 0 Å². The van der Waals surface area contributed by atoms with Crippen LogP contribution in [-0.4, -0.2) is 69.8 Å². The van der Waals surface area contributed by atoms with Crippen molar-refractivity contribution in [2.24, 2.45) is 0 Å². The van der Waals surface area contributed by atoms with E-state index < -0.39 is 0 Å². The lowest BCUT2D eigenvalue weighted by atomic mass is 10.3. The molecule has 4 rings (SSSR count). The van der Waals surface area contributed by atoms with Crippen LogP contribution in [0.4, 0.5) is 5.95 Å². The van der Waals surface area contributed by atoms with Crippen LogP contribution in [0, 0.1) is 0 Å². The summed E-state index contributed by atoms with van der Waals surface area (Å²) >= 11 is 0. The minimum atomic E-state index is -0.199. The number of anilines is 1. The Morgan fingerprint density at radius 2 is 2.00 bits per heavy atom. The maximum atomic E-state index is 12.6. The van der Waals surface area contributed by atoms with Gasteiger partial charge in [-0.1, -0.05) is 18.2 Å². The molecule has 152 valence electrons. The fourth-order valence-electron chi connectivity index (χ4n) is 3.61.